The van der Waals surface area contributed by atoms with E-state index in [1.54, 1.807) is 0 Å². The molecule has 0 bridgehead atoms. The van der Waals surface area contributed by atoms with Gasteiger partial charge in [0.2, 0.25) is 0 Å². The topological polar surface area (TPSA) is 12.0 Å². The van der Waals surface area contributed by atoms with E-state index in [1.165, 1.54) is 19.4 Å². The van der Waals surface area contributed by atoms with Crippen molar-refractivity contribution >= 4 is 0 Å². The number of hydrogen-bond acceptors (Lipinski definition) is 1. The predicted molar refractivity (Wildman–Crippen MR) is 60.9 cm³/mol. The Balaban J connectivity index is 3.57. The van der Waals surface area contributed by atoms with Gasteiger partial charge in [-0.3, -0.25) is 0 Å². The Hall–Kier alpha value is -0.0400. The third kappa shape index (κ3) is 7.06. The molecule has 1 atom stereocenters. The van der Waals surface area contributed by atoms with Gasteiger partial charge in [0.25, 0.3) is 0 Å². The second kappa shape index (κ2) is 7.37. The van der Waals surface area contributed by atoms with Crippen molar-refractivity contribution < 1.29 is 0 Å². The molecule has 0 aliphatic rings. The molecule has 0 aliphatic heterocycles. The first-order chi connectivity index (χ1) is 6.07. The van der Waals surface area contributed by atoms with Gasteiger partial charge in [0.1, 0.15) is 0 Å². The molecular weight excluding hydrogens is 158 g/mol. The first-order valence-electron chi connectivity index (χ1n) is 5.78. The van der Waals surface area contributed by atoms with E-state index >= 15 is 0 Å². The minimum atomic E-state index is 0.773. The van der Waals surface area contributed by atoms with Crippen molar-refractivity contribution in [1.29, 1.82) is 0 Å². The molecule has 1 heteroatoms. The molecule has 0 saturated heterocycles. The highest BCUT2D eigenvalue weighted by Gasteiger charge is 2.11. The Morgan fingerprint density at radius 1 is 1.00 bits per heavy atom. The van der Waals surface area contributed by atoms with Gasteiger partial charge in [-0.2, -0.15) is 0 Å². The summed E-state index contributed by atoms with van der Waals surface area (Å²) in [5.74, 6) is 2.46. The van der Waals surface area contributed by atoms with E-state index in [2.05, 4.69) is 39.9 Å². The van der Waals surface area contributed by atoms with E-state index in [1.807, 2.05) is 0 Å². The Kier molecular flexibility index (Phi) is 7.35. The van der Waals surface area contributed by atoms with Crippen LogP contribution in [-0.2, 0) is 0 Å². The molecular formula is C12H27N. The van der Waals surface area contributed by atoms with Gasteiger partial charge >= 0.3 is 0 Å². The Bertz CT molecular complexity index is 108. The minimum absolute atomic E-state index is 0.773. The number of hydrogen-bond donors (Lipinski definition) is 1. The monoisotopic (exact) mass is 185 g/mol. The lowest BCUT2D eigenvalue weighted by Crippen LogP contribution is -2.28. The maximum atomic E-state index is 3.55. The summed E-state index contributed by atoms with van der Waals surface area (Å²) in [7, 11) is 0. The van der Waals surface area contributed by atoms with Crippen LogP contribution >= 0.6 is 0 Å². The van der Waals surface area contributed by atoms with Crippen molar-refractivity contribution in [2.45, 2.75) is 47.5 Å². The maximum Gasteiger partial charge on any atom is -0.00180 e. The van der Waals surface area contributed by atoms with Gasteiger partial charge in [-0.05, 0) is 37.3 Å². The lowest BCUT2D eigenvalue weighted by Gasteiger charge is -2.21. The molecule has 1 unspecified atom stereocenters. The SMILES string of the molecule is CCCC(CNCC(C)C)C(C)C. The summed E-state index contributed by atoms with van der Waals surface area (Å²) in [5, 5.41) is 3.55. The van der Waals surface area contributed by atoms with Crippen LogP contribution < -0.4 is 5.32 Å². The zero-order valence-electron chi connectivity index (χ0n) is 10.1. The summed E-state index contributed by atoms with van der Waals surface area (Å²) in [6.45, 7) is 13.8. The van der Waals surface area contributed by atoms with Crippen molar-refractivity contribution in [3.8, 4) is 0 Å². The summed E-state index contributed by atoms with van der Waals surface area (Å²) in [6.07, 6.45) is 2.68. The third-order valence-electron chi connectivity index (χ3n) is 2.56. The Morgan fingerprint density at radius 3 is 2.00 bits per heavy atom. The first-order valence-corrected chi connectivity index (χ1v) is 5.78. The summed E-state index contributed by atoms with van der Waals surface area (Å²) in [4.78, 5) is 0. The molecule has 0 aromatic carbocycles. The van der Waals surface area contributed by atoms with Gasteiger partial charge in [-0.25, -0.2) is 0 Å². The van der Waals surface area contributed by atoms with E-state index in [9.17, 15) is 0 Å². The molecule has 0 radical (unpaired) electrons. The molecule has 0 aromatic rings. The lowest BCUT2D eigenvalue weighted by molar-refractivity contribution is 0.332. The van der Waals surface area contributed by atoms with Gasteiger partial charge in [0, 0.05) is 0 Å². The molecule has 0 spiro atoms. The maximum absolute atomic E-state index is 3.55. The van der Waals surface area contributed by atoms with E-state index in [4.69, 9.17) is 0 Å². The van der Waals surface area contributed by atoms with Gasteiger partial charge in [0.05, 0.1) is 0 Å². The molecule has 0 amide bonds. The molecule has 1 N–H and O–H groups in total. The summed E-state index contributed by atoms with van der Waals surface area (Å²) in [6, 6.07) is 0. The summed E-state index contributed by atoms with van der Waals surface area (Å²) >= 11 is 0. The van der Waals surface area contributed by atoms with Crippen molar-refractivity contribution in [2.75, 3.05) is 13.1 Å². The van der Waals surface area contributed by atoms with Crippen LogP contribution in [0.1, 0.15) is 47.5 Å². The van der Waals surface area contributed by atoms with Crippen molar-refractivity contribution in [3.63, 3.8) is 0 Å². The lowest BCUT2D eigenvalue weighted by atomic mass is 9.91. The van der Waals surface area contributed by atoms with Crippen molar-refractivity contribution in [1.82, 2.24) is 5.32 Å². The standard InChI is InChI=1S/C12H27N/c1-6-7-12(11(4)5)9-13-8-10(2)3/h10-13H,6-9H2,1-5H3. The van der Waals surface area contributed by atoms with Gasteiger partial charge < -0.3 is 5.32 Å². The minimum Gasteiger partial charge on any atom is -0.316 e. The zero-order valence-corrected chi connectivity index (χ0v) is 10.1. The fraction of sp³-hybridized carbons (Fsp3) is 1.00. The molecule has 1 nitrogen and oxygen atoms in total. The van der Waals surface area contributed by atoms with Crippen LogP contribution in [0, 0.1) is 17.8 Å². The average molecular weight is 185 g/mol. The van der Waals surface area contributed by atoms with Crippen LogP contribution in [0.15, 0.2) is 0 Å². The fourth-order valence-electron chi connectivity index (χ4n) is 1.60. The zero-order chi connectivity index (χ0) is 10.3. The molecule has 0 fully saturated rings. The van der Waals surface area contributed by atoms with Crippen LogP contribution in [0.4, 0.5) is 0 Å². The molecule has 13 heavy (non-hydrogen) atoms. The van der Waals surface area contributed by atoms with Gasteiger partial charge in [0.15, 0.2) is 0 Å². The molecule has 80 valence electrons. The highest BCUT2D eigenvalue weighted by Crippen LogP contribution is 2.15. The van der Waals surface area contributed by atoms with Crippen LogP contribution in [0.5, 0.6) is 0 Å². The molecule has 0 rings (SSSR count). The van der Waals surface area contributed by atoms with Crippen LogP contribution in [-0.4, -0.2) is 13.1 Å². The largest absolute Gasteiger partial charge is 0.316 e. The van der Waals surface area contributed by atoms with E-state index < -0.39 is 0 Å². The normalized spacial score (nSPS) is 14.1. The predicted octanol–water partition coefficient (Wildman–Crippen LogP) is 3.30. The van der Waals surface area contributed by atoms with Gasteiger partial charge in [-0.1, -0.05) is 41.0 Å². The Labute approximate surface area is 84.3 Å². The highest BCUT2D eigenvalue weighted by atomic mass is 14.9. The second-order valence-corrected chi connectivity index (χ2v) is 4.84. The molecule has 0 aliphatic carbocycles. The van der Waals surface area contributed by atoms with Crippen molar-refractivity contribution in [2.24, 2.45) is 17.8 Å². The Morgan fingerprint density at radius 2 is 1.62 bits per heavy atom. The highest BCUT2D eigenvalue weighted by molar-refractivity contribution is 4.66. The first kappa shape index (κ1) is 13.0. The second-order valence-electron chi connectivity index (χ2n) is 4.84. The van der Waals surface area contributed by atoms with Crippen LogP contribution in [0.25, 0.3) is 0 Å². The summed E-state index contributed by atoms with van der Waals surface area (Å²) in [5.41, 5.74) is 0. The van der Waals surface area contributed by atoms with E-state index in [0.29, 0.717) is 0 Å². The average Bonchev–Trinajstić information content (AvgIpc) is 2.02. The molecule has 0 saturated carbocycles. The van der Waals surface area contributed by atoms with Crippen LogP contribution in [0.2, 0.25) is 0 Å². The summed E-state index contributed by atoms with van der Waals surface area (Å²) < 4.78 is 0. The van der Waals surface area contributed by atoms with Gasteiger partial charge in [-0.15, -0.1) is 0 Å². The fourth-order valence-corrected chi connectivity index (χ4v) is 1.60. The quantitative estimate of drug-likeness (QED) is 0.641. The third-order valence-corrected chi connectivity index (χ3v) is 2.56. The van der Waals surface area contributed by atoms with E-state index in [-0.39, 0.29) is 0 Å². The van der Waals surface area contributed by atoms with E-state index in [0.717, 1.165) is 24.3 Å². The number of nitrogens with one attached hydrogen (secondary N) is 1. The van der Waals surface area contributed by atoms with Crippen LogP contribution in [0.3, 0.4) is 0 Å². The number of rotatable bonds is 7. The van der Waals surface area contributed by atoms with Crippen molar-refractivity contribution in [3.05, 3.63) is 0 Å². The smallest absolute Gasteiger partial charge is 0.00180 e. The molecule has 0 heterocycles. The molecule has 0 aromatic heterocycles.